The minimum atomic E-state index is -1.16. The van der Waals surface area contributed by atoms with Crippen LogP contribution in [0.25, 0.3) is 0 Å². The van der Waals surface area contributed by atoms with Crippen LogP contribution in [0.3, 0.4) is 0 Å². The Morgan fingerprint density at radius 1 is 1.19 bits per heavy atom. The number of hydrogen-bond donors (Lipinski definition) is 1. The molecule has 110 valence electrons. The quantitative estimate of drug-likeness (QED) is 0.863. The first kappa shape index (κ1) is 15.2. The molecule has 0 saturated heterocycles. The molecule has 1 aliphatic carbocycles. The number of hydrogen-bond acceptors (Lipinski definition) is 3. The van der Waals surface area contributed by atoms with Crippen LogP contribution >= 0.6 is 0 Å². The van der Waals surface area contributed by atoms with Gasteiger partial charge < -0.3 is 5.32 Å². The fourth-order valence-electron chi connectivity index (χ4n) is 3.07. The fraction of sp³-hybridized carbons (Fsp3) is 0.471. The molecule has 0 radical (unpaired) electrons. The highest BCUT2D eigenvalue weighted by Crippen LogP contribution is 2.36. The largest absolute Gasteiger partial charge is 0.358 e. The van der Waals surface area contributed by atoms with Crippen LogP contribution in [0.2, 0.25) is 0 Å². The predicted molar refractivity (Wildman–Crippen MR) is 79.3 cm³/mol. The molecule has 1 aromatic carbocycles. The number of benzene rings is 1. The van der Waals surface area contributed by atoms with Crippen LogP contribution in [0.15, 0.2) is 30.3 Å². The summed E-state index contributed by atoms with van der Waals surface area (Å²) in [5.41, 5.74) is 1.31. The van der Waals surface area contributed by atoms with Gasteiger partial charge in [0.25, 0.3) is 0 Å². The Labute approximate surface area is 125 Å². The van der Waals surface area contributed by atoms with E-state index in [1.165, 1.54) is 12.6 Å². The maximum atomic E-state index is 12.3. The van der Waals surface area contributed by atoms with Gasteiger partial charge in [0.05, 0.1) is 6.07 Å². The fourth-order valence-corrected chi connectivity index (χ4v) is 3.07. The Kier molecular flexibility index (Phi) is 5.10. The van der Waals surface area contributed by atoms with E-state index in [2.05, 4.69) is 17.4 Å². The average molecular weight is 284 g/mol. The second-order valence-corrected chi connectivity index (χ2v) is 5.54. The van der Waals surface area contributed by atoms with E-state index in [-0.39, 0.29) is 11.7 Å². The van der Waals surface area contributed by atoms with Crippen molar-refractivity contribution >= 4 is 11.7 Å². The standard InChI is InChI=1S/C17H20N2O2/c1-19-17(21)15(11-18)16(20)14-9-7-13(8-10-14)12-5-3-2-4-6-12/h2-6,13-15H,7-10H2,1H3,(H,19,21)/t13?,14?,15-/m1/s1. The van der Waals surface area contributed by atoms with Gasteiger partial charge >= 0.3 is 0 Å². The van der Waals surface area contributed by atoms with Crippen LogP contribution in [0.5, 0.6) is 0 Å². The van der Waals surface area contributed by atoms with E-state index < -0.39 is 11.8 Å². The highest BCUT2D eigenvalue weighted by molar-refractivity contribution is 6.04. The average Bonchev–Trinajstić information content (AvgIpc) is 2.56. The zero-order chi connectivity index (χ0) is 15.2. The van der Waals surface area contributed by atoms with Crippen molar-refractivity contribution in [3.8, 4) is 6.07 Å². The molecule has 21 heavy (non-hydrogen) atoms. The Morgan fingerprint density at radius 2 is 1.81 bits per heavy atom. The Balaban J connectivity index is 1.96. The Hall–Kier alpha value is -2.15. The van der Waals surface area contributed by atoms with Crippen molar-refractivity contribution in [1.82, 2.24) is 5.32 Å². The molecule has 0 spiro atoms. The van der Waals surface area contributed by atoms with Gasteiger partial charge in [-0.2, -0.15) is 5.26 Å². The molecule has 1 aromatic rings. The van der Waals surface area contributed by atoms with Crippen LogP contribution in [0, 0.1) is 23.2 Å². The summed E-state index contributed by atoms with van der Waals surface area (Å²) in [5, 5.41) is 11.4. The minimum Gasteiger partial charge on any atom is -0.358 e. The van der Waals surface area contributed by atoms with Crippen molar-refractivity contribution in [3.63, 3.8) is 0 Å². The number of nitrogens with zero attached hydrogens (tertiary/aromatic N) is 1. The lowest BCUT2D eigenvalue weighted by atomic mass is 9.75. The molecule has 1 N–H and O–H groups in total. The molecule has 0 unspecified atom stereocenters. The van der Waals surface area contributed by atoms with Gasteiger partial charge in [-0.3, -0.25) is 9.59 Å². The van der Waals surface area contributed by atoms with Crippen LogP contribution in [-0.4, -0.2) is 18.7 Å². The van der Waals surface area contributed by atoms with Gasteiger partial charge in [-0.25, -0.2) is 0 Å². The number of carbonyl (C=O) groups excluding carboxylic acids is 2. The van der Waals surface area contributed by atoms with Crippen molar-refractivity contribution < 1.29 is 9.59 Å². The third-order valence-electron chi connectivity index (χ3n) is 4.32. The Morgan fingerprint density at radius 3 is 2.33 bits per heavy atom. The number of carbonyl (C=O) groups is 2. The summed E-state index contributed by atoms with van der Waals surface area (Å²) in [6, 6.07) is 12.1. The zero-order valence-corrected chi connectivity index (χ0v) is 12.2. The van der Waals surface area contributed by atoms with Crippen molar-refractivity contribution in [2.75, 3.05) is 7.05 Å². The lowest BCUT2D eigenvalue weighted by Gasteiger charge is -2.28. The van der Waals surface area contributed by atoms with Crippen LogP contribution in [0.4, 0.5) is 0 Å². The molecule has 1 aliphatic rings. The van der Waals surface area contributed by atoms with Crippen molar-refractivity contribution in [2.45, 2.75) is 31.6 Å². The number of nitrogens with one attached hydrogen (secondary N) is 1. The molecular formula is C17H20N2O2. The first-order valence-corrected chi connectivity index (χ1v) is 7.37. The minimum absolute atomic E-state index is 0.160. The van der Waals surface area contributed by atoms with E-state index in [0.717, 1.165) is 25.7 Å². The molecule has 4 nitrogen and oxygen atoms in total. The molecule has 0 aliphatic heterocycles. The lowest BCUT2D eigenvalue weighted by Crippen LogP contribution is -2.36. The molecule has 1 fully saturated rings. The smallest absolute Gasteiger partial charge is 0.244 e. The SMILES string of the molecule is CNC(=O)[C@H](C#N)C(=O)C1CCC(c2ccccc2)CC1. The number of Topliss-reactive ketones (excluding diaryl/α,β-unsaturated/α-hetero) is 1. The first-order valence-electron chi connectivity index (χ1n) is 7.37. The maximum Gasteiger partial charge on any atom is 0.244 e. The molecule has 2 rings (SSSR count). The van der Waals surface area contributed by atoms with Crippen LogP contribution in [-0.2, 0) is 9.59 Å². The van der Waals surface area contributed by atoms with Gasteiger partial charge in [-0.15, -0.1) is 0 Å². The van der Waals surface area contributed by atoms with Crippen molar-refractivity contribution in [3.05, 3.63) is 35.9 Å². The van der Waals surface area contributed by atoms with Gasteiger partial charge in [0, 0.05) is 13.0 Å². The van der Waals surface area contributed by atoms with Gasteiger partial charge in [-0.05, 0) is 37.2 Å². The van der Waals surface area contributed by atoms with E-state index in [1.54, 1.807) is 0 Å². The second kappa shape index (κ2) is 7.03. The normalized spacial score (nSPS) is 22.9. The molecular weight excluding hydrogens is 264 g/mol. The highest BCUT2D eigenvalue weighted by Gasteiger charge is 2.34. The van der Waals surface area contributed by atoms with E-state index in [4.69, 9.17) is 5.26 Å². The number of rotatable bonds is 4. The summed E-state index contributed by atoms with van der Waals surface area (Å²) in [6.07, 6.45) is 3.39. The lowest BCUT2D eigenvalue weighted by molar-refractivity contribution is -0.134. The molecule has 0 bridgehead atoms. The first-order chi connectivity index (χ1) is 10.2. The van der Waals surface area contributed by atoms with Gasteiger partial charge in [-0.1, -0.05) is 30.3 Å². The summed E-state index contributed by atoms with van der Waals surface area (Å²) < 4.78 is 0. The van der Waals surface area contributed by atoms with Crippen molar-refractivity contribution in [1.29, 1.82) is 5.26 Å². The monoisotopic (exact) mass is 284 g/mol. The van der Waals surface area contributed by atoms with Crippen LogP contribution < -0.4 is 5.32 Å². The van der Waals surface area contributed by atoms with Crippen molar-refractivity contribution in [2.24, 2.45) is 11.8 Å². The highest BCUT2D eigenvalue weighted by atomic mass is 16.2. The molecule has 0 heterocycles. The number of amides is 1. The third kappa shape index (κ3) is 3.49. The summed E-state index contributed by atoms with van der Waals surface area (Å²) in [7, 11) is 1.45. The zero-order valence-electron chi connectivity index (χ0n) is 12.2. The van der Waals surface area contributed by atoms with Gasteiger partial charge in [0.2, 0.25) is 5.91 Å². The number of nitriles is 1. The summed E-state index contributed by atoms with van der Waals surface area (Å²) >= 11 is 0. The van der Waals surface area contributed by atoms with E-state index in [0.29, 0.717) is 5.92 Å². The van der Waals surface area contributed by atoms with Gasteiger partial charge in [0.15, 0.2) is 11.7 Å². The summed E-state index contributed by atoms with van der Waals surface area (Å²) in [4.78, 5) is 23.8. The van der Waals surface area contributed by atoms with Gasteiger partial charge in [0.1, 0.15) is 0 Å². The summed E-state index contributed by atoms with van der Waals surface area (Å²) in [5.74, 6) is -1.55. The topological polar surface area (TPSA) is 70.0 Å². The molecule has 1 atom stereocenters. The maximum absolute atomic E-state index is 12.3. The van der Waals surface area contributed by atoms with E-state index in [9.17, 15) is 9.59 Å². The predicted octanol–water partition coefficient (Wildman–Crippen LogP) is 2.42. The van der Waals surface area contributed by atoms with E-state index in [1.807, 2.05) is 24.3 Å². The van der Waals surface area contributed by atoms with Crippen LogP contribution in [0.1, 0.15) is 37.2 Å². The molecule has 1 amide bonds. The molecule has 4 heteroatoms. The third-order valence-corrected chi connectivity index (χ3v) is 4.32. The Bertz CT molecular complexity index is 540. The molecule has 1 saturated carbocycles. The second-order valence-electron chi connectivity index (χ2n) is 5.54. The number of ketones is 1. The molecule has 0 aromatic heterocycles. The summed E-state index contributed by atoms with van der Waals surface area (Å²) in [6.45, 7) is 0. The van der Waals surface area contributed by atoms with E-state index >= 15 is 0 Å².